The molecule has 1 aliphatic rings. The standard InChI is InChI=1S/C20H22N4O5S.C2H4O2/c1-29-20(26)16-6-8-17(9-7-16)30(27,28)24-12-10-23(11-13-24)19(25)15-4-2-14(3-5-15)18(21)22;1-2(3)4/h2-9H,10-13H2,1H3,(H3,21,22);1H3,(H,3,4). The van der Waals surface area contributed by atoms with Crippen molar-refractivity contribution in [2.45, 2.75) is 11.8 Å². The molecule has 4 N–H and O–H groups in total. The van der Waals surface area contributed by atoms with Crippen LogP contribution in [-0.2, 0) is 19.6 Å². The van der Waals surface area contributed by atoms with E-state index in [0.717, 1.165) is 6.92 Å². The second kappa shape index (κ2) is 11.4. The van der Waals surface area contributed by atoms with Crippen LogP contribution in [0.4, 0.5) is 0 Å². The van der Waals surface area contributed by atoms with Crippen LogP contribution in [0.3, 0.4) is 0 Å². The van der Waals surface area contributed by atoms with Crippen molar-refractivity contribution in [3.8, 4) is 0 Å². The number of carboxylic acids is 1. The highest BCUT2D eigenvalue weighted by Crippen LogP contribution is 2.19. The number of nitrogens with one attached hydrogen (secondary N) is 1. The van der Waals surface area contributed by atoms with E-state index in [4.69, 9.17) is 21.0 Å². The predicted molar refractivity (Wildman–Crippen MR) is 123 cm³/mol. The minimum Gasteiger partial charge on any atom is -0.481 e. The number of amidine groups is 1. The Morgan fingerprint density at radius 3 is 1.79 bits per heavy atom. The van der Waals surface area contributed by atoms with Gasteiger partial charge in [-0.25, -0.2) is 13.2 Å². The monoisotopic (exact) mass is 490 g/mol. The summed E-state index contributed by atoms with van der Waals surface area (Å²) < 4.78 is 31.7. The number of nitrogens with zero attached hydrogens (tertiary/aromatic N) is 2. The summed E-state index contributed by atoms with van der Waals surface area (Å²) in [6.07, 6.45) is 0. The second-order valence-corrected chi connectivity index (χ2v) is 9.16. The Kier molecular flexibility index (Phi) is 8.87. The number of esters is 1. The molecule has 0 spiro atoms. The van der Waals surface area contributed by atoms with Gasteiger partial charge in [-0.15, -0.1) is 0 Å². The molecule has 3 rings (SSSR count). The summed E-state index contributed by atoms with van der Waals surface area (Å²) >= 11 is 0. The van der Waals surface area contributed by atoms with Crippen molar-refractivity contribution in [1.82, 2.24) is 9.21 Å². The lowest BCUT2D eigenvalue weighted by Crippen LogP contribution is -2.50. The van der Waals surface area contributed by atoms with E-state index in [2.05, 4.69) is 4.74 Å². The van der Waals surface area contributed by atoms with E-state index >= 15 is 0 Å². The number of ether oxygens (including phenoxy) is 1. The number of carboxylic acid groups (broad SMARTS) is 1. The molecule has 0 bridgehead atoms. The molecule has 0 aromatic heterocycles. The highest BCUT2D eigenvalue weighted by molar-refractivity contribution is 7.89. The summed E-state index contributed by atoms with van der Waals surface area (Å²) in [4.78, 5) is 34.8. The van der Waals surface area contributed by atoms with E-state index in [-0.39, 0.29) is 48.4 Å². The summed E-state index contributed by atoms with van der Waals surface area (Å²) in [6, 6.07) is 12.0. The number of nitrogen functional groups attached to an aromatic ring is 1. The quantitative estimate of drug-likeness (QED) is 0.316. The molecule has 0 atom stereocenters. The molecule has 0 radical (unpaired) electrons. The van der Waals surface area contributed by atoms with Crippen LogP contribution in [0, 0.1) is 5.41 Å². The Bertz CT molecular complexity index is 1150. The number of rotatable bonds is 5. The largest absolute Gasteiger partial charge is 0.481 e. The molecule has 1 heterocycles. The van der Waals surface area contributed by atoms with E-state index in [1.807, 2.05) is 0 Å². The fraction of sp³-hybridized carbons (Fsp3) is 0.273. The number of sulfonamides is 1. The van der Waals surface area contributed by atoms with Crippen molar-refractivity contribution in [3.05, 3.63) is 65.2 Å². The summed E-state index contributed by atoms with van der Waals surface area (Å²) in [7, 11) is -2.48. The van der Waals surface area contributed by atoms with Crippen LogP contribution < -0.4 is 5.73 Å². The Hall–Kier alpha value is -3.77. The Morgan fingerprint density at radius 2 is 1.35 bits per heavy atom. The Labute approximate surface area is 197 Å². The van der Waals surface area contributed by atoms with Gasteiger partial charge in [-0.05, 0) is 36.4 Å². The van der Waals surface area contributed by atoms with Gasteiger partial charge in [-0.3, -0.25) is 15.0 Å². The minimum absolute atomic E-state index is 0.0764. The van der Waals surface area contributed by atoms with Crippen LogP contribution >= 0.6 is 0 Å². The highest BCUT2D eigenvalue weighted by Gasteiger charge is 2.30. The average Bonchev–Trinajstić information content (AvgIpc) is 2.83. The molecule has 1 saturated heterocycles. The molecule has 0 saturated carbocycles. The SMILES string of the molecule is CC(=O)O.COC(=O)c1ccc(S(=O)(=O)N2CCN(C(=O)c3ccc(C(=N)N)cc3)CC2)cc1. The van der Waals surface area contributed by atoms with Crippen LogP contribution in [0.2, 0.25) is 0 Å². The van der Waals surface area contributed by atoms with Crippen LogP contribution in [0.5, 0.6) is 0 Å². The number of benzene rings is 2. The number of amides is 1. The normalized spacial score (nSPS) is 13.9. The van der Waals surface area contributed by atoms with Crippen molar-refractivity contribution in [3.63, 3.8) is 0 Å². The molecule has 1 aliphatic heterocycles. The highest BCUT2D eigenvalue weighted by atomic mass is 32.2. The topological polar surface area (TPSA) is 171 Å². The Balaban J connectivity index is 0.000000945. The van der Waals surface area contributed by atoms with Gasteiger partial charge < -0.3 is 20.5 Å². The lowest BCUT2D eigenvalue weighted by molar-refractivity contribution is -0.134. The van der Waals surface area contributed by atoms with Crippen LogP contribution in [-0.4, -0.2) is 79.7 Å². The summed E-state index contributed by atoms with van der Waals surface area (Å²) in [5.74, 6) is -1.65. The third-order valence-electron chi connectivity index (χ3n) is 4.88. The maximum Gasteiger partial charge on any atom is 0.337 e. The molecule has 2 aromatic rings. The molecular formula is C22H26N4O7S. The number of hydrogen-bond acceptors (Lipinski definition) is 7. The average molecular weight is 491 g/mol. The summed E-state index contributed by atoms with van der Waals surface area (Å²) in [5.41, 5.74) is 6.67. The van der Waals surface area contributed by atoms with Gasteiger partial charge in [-0.2, -0.15) is 4.31 Å². The summed E-state index contributed by atoms with van der Waals surface area (Å²) in [6.45, 7) is 1.93. The van der Waals surface area contributed by atoms with E-state index in [1.165, 1.54) is 35.7 Å². The third kappa shape index (κ3) is 6.62. The zero-order chi connectivity index (χ0) is 25.5. The first kappa shape index (κ1) is 26.5. The van der Waals surface area contributed by atoms with E-state index in [1.54, 1.807) is 29.2 Å². The molecule has 0 aliphatic carbocycles. The number of piperazine rings is 1. The third-order valence-corrected chi connectivity index (χ3v) is 6.79. The van der Waals surface area contributed by atoms with Crippen LogP contribution in [0.15, 0.2) is 53.4 Å². The van der Waals surface area contributed by atoms with Gasteiger partial charge in [0.2, 0.25) is 10.0 Å². The molecule has 11 nitrogen and oxygen atoms in total. The van der Waals surface area contributed by atoms with E-state index < -0.39 is 22.0 Å². The molecule has 1 fully saturated rings. The lowest BCUT2D eigenvalue weighted by Gasteiger charge is -2.34. The summed E-state index contributed by atoms with van der Waals surface area (Å²) in [5, 5.41) is 14.8. The van der Waals surface area contributed by atoms with Gasteiger partial charge in [0.05, 0.1) is 17.6 Å². The zero-order valence-electron chi connectivity index (χ0n) is 18.7. The van der Waals surface area contributed by atoms with Gasteiger partial charge in [0, 0.05) is 44.2 Å². The molecule has 34 heavy (non-hydrogen) atoms. The minimum atomic E-state index is -3.73. The fourth-order valence-corrected chi connectivity index (χ4v) is 4.56. The number of hydrogen-bond donors (Lipinski definition) is 3. The van der Waals surface area contributed by atoms with Crippen molar-refractivity contribution in [2.24, 2.45) is 5.73 Å². The maximum absolute atomic E-state index is 12.9. The number of aliphatic carboxylic acids is 1. The fourth-order valence-electron chi connectivity index (χ4n) is 3.14. The van der Waals surface area contributed by atoms with Crippen molar-refractivity contribution >= 4 is 33.7 Å². The number of carbonyl (C=O) groups is 3. The van der Waals surface area contributed by atoms with Gasteiger partial charge in [0.15, 0.2) is 0 Å². The lowest BCUT2D eigenvalue weighted by atomic mass is 10.1. The van der Waals surface area contributed by atoms with E-state index in [0.29, 0.717) is 11.1 Å². The van der Waals surface area contributed by atoms with Crippen molar-refractivity contribution in [1.29, 1.82) is 5.41 Å². The van der Waals surface area contributed by atoms with Gasteiger partial charge in [0.25, 0.3) is 11.9 Å². The van der Waals surface area contributed by atoms with Gasteiger partial charge in [0.1, 0.15) is 5.84 Å². The number of carbonyl (C=O) groups excluding carboxylic acids is 2. The molecule has 1 amide bonds. The molecular weight excluding hydrogens is 464 g/mol. The van der Waals surface area contributed by atoms with Crippen molar-refractivity contribution < 1.29 is 32.6 Å². The first-order chi connectivity index (χ1) is 16.0. The van der Waals surface area contributed by atoms with Crippen LogP contribution in [0.25, 0.3) is 0 Å². The Morgan fingerprint density at radius 1 is 0.912 bits per heavy atom. The molecule has 182 valence electrons. The number of nitrogens with two attached hydrogens (primary N) is 1. The maximum atomic E-state index is 12.9. The van der Waals surface area contributed by atoms with Gasteiger partial charge in [-0.1, -0.05) is 12.1 Å². The smallest absolute Gasteiger partial charge is 0.337 e. The first-order valence-electron chi connectivity index (χ1n) is 10.1. The molecule has 12 heteroatoms. The molecule has 2 aromatic carbocycles. The van der Waals surface area contributed by atoms with Crippen LogP contribution in [0.1, 0.15) is 33.2 Å². The van der Waals surface area contributed by atoms with Crippen molar-refractivity contribution in [2.75, 3.05) is 33.3 Å². The molecule has 0 unspecified atom stereocenters. The van der Waals surface area contributed by atoms with Gasteiger partial charge >= 0.3 is 5.97 Å². The van der Waals surface area contributed by atoms with E-state index in [9.17, 15) is 18.0 Å². The first-order valence-corrected chi connectivity index (χ1v) is 11.5. The number of methoxy groups -OCH3 is 1. The predicted octanol–water partition coefficient (Wildman–Crippen LogP) is 0.995. The second-order valence-electron chi connectivity index (χ2n) is 7.22. The zero-order valence-corrected chi connectivity index (χ0v) is 19.5.